The molecule has 160 valence electrons. The van der Waals surface area contributed by atoms with E-state index in [0.29, 0.717) is 24.5 Å². The van der Waals surface area contributed by atoms with Crippen molar-refractivity contribution < 1.29 is 22.4 Å². The van der Waals surface area contributed by atoms with Crippen molar-refractivity contribution in [2.75, 3.05) is 37.6 Å². The number of anilines is 1. The number of nitrogens with zero attached hydrogens (tertiary/aromatic N) is 3. The molecule has 3 rings (SSSR count). The average Bonchev–Trinajstić information content (AvgIpc) is 2.66. The van der Waals surface area contributed by atoms with E-state index in [1.165, 1.54) is 6.07 Å². The molecule has 1 aliphatic carbocycles. The molecule has 0 unspecified atom stereocenters. The number of halogens is 4. The highest BCUT2D eigenvalue weighted by Gasteiger charge is 2.31. The summed E-state index contributed by atoms with van der Waals surface area (Å²) >= 11 is 0. The van der Waals surface area contributed by atoms with Crippen LogP contribution in [0.3, 0.4) is 0 Å². The van der Waals surface area contributed by atoms with Gasteiger partial charge in [0.05, 0.1) is 0 Å². The lowest BCUT2D eigenvalue weighted by Crippen LogP contribution is -2.47. The predicted octanol–water partition coefficient (Wildman–Crippen LogP) is 4.45. The van der Waals surface area contributed by atoms with E-state index in [-0.39, 0.29) is 5.82 Å². The van der Waals surface area contributed by atoms with Gasteiger partial charge < -0.3 is 4.90 Å². The van der Waals surface area contributed by atoms with Crippen LogP contribution in [0, 0.1) is 11.7 Å². The largest absolute Gasteiger partial charge is 0.397 e. The van der Waals surface area contributed by atoms with E-state index in [1.54, 1.807) is 12.1 Å². The Morgan fingerprint density at radius 3 is 2.41 bits per heavy atom. The van der Waals surface area contributed by atoms with Crippen LogP contribution in [0.2, 0.25) is 0 Å². The first-order chi connectivity index (χ1) is 13.8. The van der Waals surface area contributed by atoms with E-state index in [0.717, 1.165) is 57.7 Å². The maximum Gasteiger partial charge on any atom is 0.397 e. The Bertz CT molecular complexity index is 717. The Morgan fingerprint density at radius 2 is 1.79 bits per heavy atom. The topological polar surface area (TPSA) is 35.9 Å². The number of hydrogen-bond donors (Lipinski definition) is 0. The van der Waals surface area contributed by atoms with Gasteiger partial charge in [-0.05, 0) is 62.8 Å². The summed E-state index contributed by atoms with van der Waals surface area (Å²) in [5.41, 5.74) is 1.53. The van der Waals surface area contributed by atoms with Gasteiger partial charge in [0.25, 0.3) is 5.91 Å². The van der Waals surface area contributed by atoms with Crippen LogP contribution < -0.4 is 4.90 Å². The van der Waals surface area contributed by atoms with E-state index in [1.807, 2.05) is 6.07 Å². The number of aliphatic imine (C=N–C) groups is 1. The van der Waals surface area contributed by atoms with Gasteiger partial charge >= 0.3 is 6.18 Å². The van der Waals surface area contributed by atoms with E-state index in [9.17, 15) is 22.4 Å². The van der Waals surface area contributed by atoms with Crippen LogP contribution in [0.4, 0.5) is 23.2 Å². The normalized spacial score (nSPS) is 21.3. The molecule has 1 saturated heterocycles. The zero-order valence-electron chi connectivity index (χ0n) is 16.4. The standard InChI is InChI=1S/C21H27F4N3O/c22-17-2-1-3-19(14-17)28-12-10-27(11-13-28)9-8-16-4-6-18(7-5-16)26-20(29)15-21(23,24)25/h1-3,14,16H,4-13,15H2. The Morgan fingerprint density at radius 1 is 1.10 bits per heavy atom. The van der Waals surface area contributed by atoms with Gasteiger partial charge in [-0.15, -0.1) is 0 Å². The molecule has 1 aliphatic heterocycles. The molecule has 1 heterocycles. The smallest absolute Gasteiger partial charge is 0.369 e. The number of rotatable bonds is 5. The van der Waals surface area contributed by atoms with Gasteiger partial charge in [0.2, 0.25) is 0 Å². The van der Waals surface area contributed by atoms with Gasteiger partial charge in [0.15, 0.2) is 0 Å². The quantitative estimate of drug-likeness (QED) is 0.670. The van der Waals surface area contributed by atoms with E-state index >= 15 is 0 Å². The molecule has 8 heteroatoms. The number of carbonyl (C=O) groups excluding carboxylic acids is 1. The minimum Gasteiger partial charge on any atom is -0.369 e. The molecule has 1 aromatic carbocycles. The Balaban J connectivity index is 1.35. The molecule has 1 saturated carbocycles. The van der Waals surface area contributed by atoms with Crippen LogP contribution in [0.15, 0.2) is 29.3 Å². The van der Waals surface area contributed by atoms with Crippen LogP contribution in [-0.2, 0) is 4.79 Å². The second-order valence-corrected chi connectivity index (χ2v) is 7.90. The maximum atomic E-state index is 13.4. The summed E-state index contributed by atoms with van der Waals surface area (Å²) < 4.78 is 50.1. The van der Waals surface area contributed by atoms with Crippen molar-refractivity contribution in [2.24, 2.45) is 10.9 Å². The van der Waals surface area contributed by atoms with Gasteiger partial charge in [0, 0.05) is 37.6 Å². The molecule has 0 bridgehead atoms. The molecule has 0 aromatic heterocycles. The van der Waals surface area contributed by atoms with Crippen LogP contribution in [-0.4, -0.2) is 55.4 Å². The zero-order valence-corrected chi connectivity index (χ0v) is 16.4. The third-order valence-electron chi connectivity index (χ3n) is 5.72. The monoisotopic (exact) mass is 413 g/mol. The highest BCUT2D eigenvalue weighted by Crippen LogP contribution is 2.27. The van der Waals surface area contributed by atoms with Crippen molar-refractivity contribution >= 4 is 17.3 Å². The summed E-state index contributed by atoms with van der Waals surface area (Å²) in [6.07, 6.45) is -1.94. The number of benzene rings is 1. The first-order valence-corrected chi connectivity index (χ1v) is 10.2. The van der Waals surface area contributed by atoms with E-state index < -0.39 is 18.5 Å². The highest BCUT2D eigenvalue weighted by molar-refractivity contribution is 5.96. The second kappa shape index (κ2) is 9.69. The number of alkyl halides is 3. The van der Waals surface area contributed by atoms with Crippen molar-refractivity contribution in [1.29, 1.82) is 0 Å². The number of hydrogen-bond acceptors (Lipinski definition) is 3. The fourth-order valence-corrected chi connectivity index (χ4v) is 4.07. The van der Waals surface area contributed by atoms with Crippen LogP contribution >= 0.6 is 0 Å². The summed E-state index contributed by atoms with van der Waals surface area (Å²) in [7, 11) is 0. The molecule has 0 atom stereocenters. The number of amides is 1. The van der Waals surface area contributed by atoms with Gasteiger partial charge in [-0.2, -0.15) is 13.2 Å². The van der Waals surface area contributed by atoms with Crippen LogP contribution in [0.1, 0.15) is 38.5 Å². The van der Waals surface area contributed by atoms with Crippen molar-refractivity contribution in [3.8, 4) is 0 Å². The fourth-order valence-electron chi connectivity index (χ4n) is 4.07. The number of piperazine rings is 1. The predicted molar refractivity (Wildman–Crippen MR) is 105 cm³/mol. The molecular weight excluding hydrogens is 386 g/mol. The van der Waals surface area contributed by atoms with Gasteiger partial charge in [-0.1, -0.05) is 6.07 Å². The van der Waals surface area contributed by atoms with Gasteiger partial charge in [0.1, 0.15) is 12.2 Å². The minimum atomic E-state index is -4.49. The third-order valence-corrected chi connectivity index (χ3v) is 5.72. The van der Waals surface area contributed by atoms with E-state index in [4.69, 9.17) is 0 Å². The summed E-state index contributed by atoms with van der Waals surface area (Å²) in [5, 5.41) is 0. The van der Waals surface area contributed by atoms with Crippen LogP contribution in [0.25, 0.3) is 0 Å². The highest BCUT2D eigenvalue weighted by atomic mass is 19.4. The Hall–Kier alpha value is -1.96. The molecule has 1 aromatic rings. The van der Waals surface area contributed by atoms with Crippen molar-refractivity contribution in [3.63, 3.8) is 0 Å². The molecule has 0 spiro atoms. The Labute approximate surface area is 168 Å². The molecule has 29 heavy (non-hydrogen) atoms. The number of carbonyl (C=O) groups is 1. The van der Waals surface area contributed by atoms with Crippen molar-refractivity contribution in [1.82, 2.24) is 4.90 Å². The first-order valence-electron chi connectivity index (χ1n) is 10.2. The molecule has 2 fully saturated rings. The molecule has 0 radical (unpaired) electrons. The maximum absolute atomic E-state index is 13.4. The molecule has 4 nitrogen and oxygen atoms in total. The second-order valence-electron chi connectivity index (χ2n) is 7.90. The van der Waals surface area contributed by atoms with Crippen molar-refractivity contribution in [3.05, 3.63) is 30.1 Å². The lowest BCUT2D eigenvalue weighted by molar-refractivity contribution is -0.151. The van der Waals surface area contributed by atoms with Crippen molar-refractivity contribution in [2.45, 2.75) is 44.7 Å². The van der Waals surface area contributed by atoms with Crippen LogP contribution in [0.5, 0.6) is 0 Å². The summed E-state index contributed by atoms with van der Waals surface area (Å²) in [4.78, 5) is 19.6. The molecule has 0 N–H and O–H groups in total. The minimum absolute atomic E-state index is 0.217. The third kappa shape index (κ3) is 7.10. The fraction of sp³-hybridized carbons (Fsp3) is 0.619. The Kier molecular flexibility index (Phi) is 7.27. The molecule has 1 amide bonds. The SMILES string of the molecule is O=C(CC(F)(F)F)N=C1CCC(CCN2CCN(c3cccc(F)c3)CC2)CC1. The lowest BCUT2D eigenvalue weighted by atomic mass is 9.85. The first kappa shape index (κ1) is 21.7. The molecule has 2 aliphatic rings. The summed E-state index contributed by atoms with van der Waals surface area (Å²) in [6, 6.07) is 6.68. The van der Waals surface area contributed by atoms with Gasteiger partial charge in [-0.3, -0.25) is 9.69 Å². The summed E-state index contributed by atoms with van der Waals surface area (Å²) in [5.74, 6) is -0.778. The average molecular weight is 413 g/mol. The van der Waals surface area contributed by atoms with Gasteiger partial charge in [-0.25, -0.2) is 9.38 Å². The summed E-state index contributed by atoms with van der Waals surface area (Å²) in [6.45, 7) is 4.59. The van der Waals surface area contributed by atoms with E-state index in [2.05, 4.69) is 14.8 Å². The lowest BCUT2D eigenvalue weighted by Gasteiger charge is -2.37. The zero-order chi connectivity index (χ0) is 20.9. The molecular formula is C21H27F4N3O.